The number of aromatic carboxylic acids is 1. The van der Waals surface area contributed by atoms with Crippen molar-refractivity contribution in [3.05, 3.63) is 34.9 Å². The summed E-state index contributed by atoms with van der Waals surface area (Å²) in [5.41, 5.74) is -2.40. The zero-order valence-corrected chi connectivity index (χ0v) is 7.38. The number of alkyl halides is 3. The Morgan fingerprint density at radius 3 is 2.33 bits per heavy atom. The van der Waals surface area contributed by atoms with Crippen LogP contribution in [0.2, 0.25) is 0 Å². The highest BCUT2D eigenvalue weighted by Gasteiger charge is 2.36. The van der Waals surface area contributed by atoms with E-state index in [2.05, 4.69) is 0 Å². The molecule has 0 saturated carbocycles. The average Bonchev–Trinajstić information content (AvgIpc) is 2.15. The molecule has 0 unspecified atom stereocenters. The first kappa shape index (κ1) is 11.5. The Hall–Kier alpha value is -1.56. The molecule has 15 heavy (non-hydrogen) atoms. The molecule has 0 aliphatic rings. The second-order valence-electron chi connectivity index (χ2n) is 2.80. The quantitative estimate of drug-likeness (QED) is 0.800. The summed E-state index contributed by atoms with van der Waals surface area (Å²) >= 11 is 0. The molecule has 0 atom stereocenters. The minimum Gasteiger partial charge on any atom is -0.478 e. The van der Waals surface area contributed by atoms with Gasteiger partial charge in [0.25, 0.3) is 0 Å². The molecular formula is C9H7F3O3. The van der Waals surface area contributed by atoms with Crippen LogP contribution < -0.4 is 0 Å². The van der Waals surface area contributed by atoms with E-state index < -0.39 is 29.9 Å². The van der Waals surface area contributed by atoms with Gasteiger partial charge in [0, 0.05) is 0 Å². The molecule has 0 bridgehead atoms. The van der Waals surface area contributed by atoms with E-state index in [1.54, 1.807) is 0 Å². The standard InChI is InChI=1S/C9H7F3O3/c10-9(11,12)6-3-1-2-5(4-13)7(6)8(14)15/h1-3,13H,4H2,(H,14,15). The van der Waals surface area contributed by atoms with Crippen molar-refractivity contribution in [1.29, 1.82) is 0 Å². The maximum absolute atomic E-state index is 12.4. The summed E-state index contributed by atoms with van der Waals surface area (Å²) in [4.78, 5) is 10.6. The maximum Gasteiger partial charge on any atom is 0.417 e. The van der Waals surface area contributed by atoms with Gasteiger partial charge in [0.2, 0.25) is 0 Å². The fourth-order valence-corrected chi connectivity index (χ4v) is 1.22. The number of halogens is 3. The highest BCUT2D eigenvalue weighted by atomic mass is 19.4. The Morgan fingerprint density at radius 2 is 1.93 bits per heavy atom. The van der Waals surface area contributed by atoms with Crippen LogP contribution in [0.1, 0.15) is 21.5 Å². The van der Waals surface area contributed by atoms with Crippen LogP contribution in [-0.4, -0.2) is 16.2 Å². The molecule has 0 radical (unpaired) electrons. The number of carboxylic acid groups (broad SMARTS) is 1. The van der Waals surface area contributed by atoms with Crippen molar-refractivity contribution in [1.82, 2.24) is 0 Å². The summed E-state index contributed by atoms with van der Waals surface area (Å²) in [6.45, 7) is -0.744. The van der Waals surface area contributed by atoms with Gasteiger partial charge in [-0.2, -0.15) is 13.2 Å². The van der Waals surface area contributed by atoms with Gasteiger partial charge in [-0.3, -0.25) is 0 Å². The van der Waals surface area contributed by atoms with Crippen molar-refractivity contribution in [3.8, 4) is 0 Å². The predicted molar refractivity (Wildman–Crippen MR) is 44.3 cm³/mol. The number of hydrogen-bond donors (Lipinski definition) is 2. The third kappa shape index (κ3) is 2.27. The smallest absolute Gasteiger partial charge is 0.417 e. The first-order valence-corrected chi connectivity index (χ1v) is 3.91. The summed E-state index contributed by atoms with van der Waals surface area (Å²) in [5, 5.41) is 17.4. The van der Waals surface area contributed by atoms with Crippen LogP contribution in [0.15, 0.2) is 18.2 Å². The molecule has 0 spiro atoms. The van der Waals surface area contributed by atoms with Crippen LogP contribution in [0.3, 0.4) is 0 Å². The van der Waals surface area contributed by atoms with E-state index >= 15 is 0 Å². The Kier molecular flexibility index (Phi) is 2.99. The lowest BCUT2D eigenvalue weighted by atomic mass is 10.0. The van der Waals surface area contributed by atoms with E-state index in [1.165, 1.54) is 0 Å². The minimum atomic E-state index is -4.74. The van der Waals surface area contributed by atoms with Gasteiger partial charge >= 0.3 is 12.1 Å². The third-order valence-electron chi connectivity index (χ3n) is 1.84. The molecule has 1 rings (SSSR count). The Bertz CT molecular complexity index is 385. The molecule has 82 valence electrons. The highest BCUT2D eigenvalue weighted by molar-refractivity contribution is 5.91. The van der Waals surface area contributed by atoms with Gasteiger partial charge in [-0.05, 0) is 11.6 Å². The topological polar surface area (TPSA) is 57.5 Å². The lowest BCUT2D eigenvalue weighted by Crippen LogP contribution is -2.15. The van der Waals surface area contributed by atoms with Crippen LogP contribution >= 0.6 is 0 Å². The molecule has 6 heteroatoms. The number of benzene rings is 1. The van der Waals surface area contributed by atoms with Gasteiger partial charge in [0.1, 0.15) is 0 Å². The summed E-state index contributed by atoms with van der Waals surface area (Å²) in [5.74, 6) is -1.70. The Morgan fingerprint density at radius 1 is 1.33 bits per heavy atom. The lowest BCUT2D eigenvalue weighted by Gasteiger charge is -2.12. The van der Waals surface area contributed by atoms with Crippen LogP contribution in [0.25, 0.3) is 0 Å². The van der Waals surface area contributed by atoms with Crippen molar-refractivity contribution < 1.29 is 28.2 Å². The van der Waals surface area contributed by atoms with Crippen molar-refractivity contribution in [3.63, 3.8) is 0 Å². The summed E-state index contributed by atoms with van der Waals surface area (Å²) in [6.07, 6.45) is -4.74. The largest absolute Gasteiger partial charge is 0.478 e. The molecule has 1 aromatic rings. The highest BCUT2D eigenvalue weighted by Crippen LogP contribution is 2.33. The van der Waals surface area contributed by atoms with E-state index in [0.717, 1.165) is 12.1 Å². The molecule has 0 saturated heterocycles. The van der Waals surface area contributed by atoms with E-state index in [9.17, 15) is 18.0 Å². The minimum absolute atomic E-state index is 0.252. The SMILES string of the molecule is O=C(O)c1c(CO)cccc1C(F)(F)F. The Labute approximate surface area is 82.8 Å². The molecule has 0 amide bonds. The molecule has 0 aliphatic heterocycles. The second kappa shape index (κ2) is 3.90. The van der Waals surface area contributed by atoms with Crippen molar-refractivity contribution in [2.75, 3.05) is 0 Å². The van der Waals surface area contributed by atoms with Crippen molar-refractivity contribution >= 4 is 5.97 Å². The normalized spacial score (nSPS) is 11.5. The van der Waals surface area contributed by atoms with E-state index in [0.29, 0.717) is 6.07 Å². The molecular weight excluding hydrogens is 213 g/mol. The van der Waals surface area contributed by atoms with Gasteiger partial charge < -0.3 is 10.2 Å². The fraction of sp³-hybridized carbons (Fsp3) is 0.222. The molecule has 0 aromatic heterocycles. The van der Waals surface area contributed by atoms with Gasteiger partial charge in [0.15, 0.2) is 0 Å². The number of aliphatic hydroxyl groups excluding tert-OH is 1. The monoisotopic (exact) mass is 220 g/mol. The van der Waals surface area contributed by atoms with E-state index in [4.69, 9.17) is 10.2 Å². The van der Waals surface area contributed by atoms with Crippen LogP contribution in [-0.2, 0) is 12.8 Å². The molecule has 0 aliphatic carbocycles. The molecule has 0 fully saturated rings. The first-order valence-electron chi connectivity index (χ1n) is 3.91. The summed E-state index contributed by atoms with van der Waals surface area (Å²) in [6, 6.07) is 2.86. The van der Waals surface area contributed by atoms with Gasteiger partial charge in [-0.15, -0.1) is 0 Å². The average molecular weight is 220 g/mol. The third-order valence-corrected chi connectivity index (χ3v) is 1.84. The summed E-state index contributed by atoms with van der Waals surface area (Å²) in [7, 11) is 0. The number of rotatable bonds is 2. The maximum atomic E-state index is 12.4. The van der Waals surface area contributed by atoms with Gasteiger partial charge in [0.05, 0.1) is 17.7 Å². The lowest BCUT2D eigenvalue weighted by molar-refractivity contribution is -0.138. The van der Waals surface area contributed by atoms with Crippen molar-refractivity contribution in [2.24, 2.45) is 0 Å². The number of carbonyl (C=O) groups is 1. The molecule has 0 heterocycles. The van der Waals surface area contributed by atoms with Gasteiger partial charge in [-0.25, -0.2) is 4.79 Å². The van der Waals surface area contributed by atoms with E-state index in [1.807, 2.05) is 0 Å². The molecule has 2 N–H and O–H groups in total. The fourth-order valence-electron chi connectivity index (χ4n) is 1.22. The zero-order valence-electron chi connectivity index (χ0n) is 7.38. The van der Waals surface area contributed by atoms with Crippen LogP contribution in [0, 0.1) is 0 Å². The summed E-state index contributed by atoms with van der Waals surface area (Å²) < 4.78 is 37.1. The van der Waals surface area contributed by atoms with Crippen LogP contribution in [0.4, 0.5) is 13.2 Å². The number of carboxylic acids is 1. The van der Waals surface area contributed by atoms with Crippen LogP contribution in [0.5, 0.6) is 0 Å². The van der Waals surface area contributed by atoms with E-state index in [-0.39, 0.29) is 5.56 Å². The zero-order chi connectivity index (χ0) is 11.6. The Balaban J connectivity index is 3.46. The molecule has 3 nitrogen and oxygen atoms in total. The number of aliphatic hydroxyl groups is 1. The second-order valence-corrected chi connectivity index (χ2v) is 2.80. The number of hydrogen-bond acceptors (Lipinski definition) is 2. The van der Waals surface area contributed by atoms with Crippen molar-refractivity contribution in [2.45, 2.75) is 12.8 Å². The predicted octanol–water partition coefficient (Wildman–Crippen LogP) is 1.90. The van der Waals surface area contributed by atoms with Gasteiger partial charge in [-0.1, -0.05) is 12.1 Å². The molecule has 1 aromatic carbocycles. The first-order chi connectivity index (χ1) is 6.88.